The molecule has 3 aromatic rings. The van der Waals surface area contributed by atoms with Gasteiger partial charge >= 0.3 is 0 Å². The van der Waals surface area contributed by atoms with Crippen LogP contribution in [0.25, 0.3) is 5.69 Å². The molecule has 0 saturated heterocycles. The van der Waals surface area contributed by atoms with Crippen molar-refractivity contribution in [2.75, 3.05) is 7.05 Å². The SMILES string of the molecule is CN1Cc2cc(Cl)ccc2-n2c(nnc2C2CCC(Oc3cnccn3)CC2)C1. The molecule has 0 atom stereocenters. The van der Waals surface area contributed by atoms with Gasteiger partial charge in [0.25, 0.3) is 0 Å². The van der Waals surface area contributed by atoms with Crippen molar-refractivity contribution in [3.8, 4) is 11.6 Å². The van der Waals surface area contributed by atoms with Gasteiger partial charge in [-0.15, -0.1) is 10.2 Å². The van der Waals surface area contributed by atoms with Crippen LogP contribution >= 0.6 is 11.6 Å². The highest BCUT2D eigenvalue weighted by Gasteiger charge is 2.30. The van der Waals surface area contributed by atoms with E-state index in [2.05, 4.69) is 48.8 Å². The topological polar surface area (TPSA) is 69.0 Å². The van der Waals surface area contributed by atoms with E-state index < -0.39 is 0 Å². The summed E-state index contributed by atoms with van der Waals surface area (Å²) in [5, 5.41) is 9.92. The number of aromatic nitrogens is 5. The first kappa shape index (κ1) is 18.5. The lowest BCUT2D eigenvalue weighted by Crippen LogP contribution is -2.25. The molecule has 0 N–H and O–H groups in total. The molecule has 1 aliphatic heterocycles. The number of rotatable bonds is 3. The summed E-state index contributed by atoms with van der Waals surface area (Å²) in [5.74, 6) is 3.00. The van der Waals surface area contributed by atoms with Crippen molar-refractivity contribution in [2.24, 2.45) is 0 Å². The van der Waals surface area contributed by atoms with E-state index in [9.17, 15) is 0 Å². The van der Waals surface area contributed by atoms with Gasteiger partial charge in [0.2, 0.25) is 5.88 Å². The zero-order valence-corrected chi connectivity index (χ0v) is 17.1. The molecule has 0 bridgehead atoms. The van der Waals surface area contributed by atoms with Gasteiger partial charge in [-0.25, -0.2) is 4.98 Å². The van der Waals surface area contributed by atoms with Crippen LogP contribution in [0.5, 0.6) is 5.88 Å². The van der Waals surface area contributed by atoms with Gasteiger partial charge in [0.05, 0.1) is 18.4 Å². The quantitative estimate of drug-likeness (QED) is 0.654. The van der Waals surface area contributed by atoms with E-state index in [1.165, 1.54) is 5.56 Å². The molecule has 2 aliphatic rings. The number of hydrogen-bond acceptors (Lipinski definition) is 6. The van der Waals surface area contributed by atoms with Crippen LogP contribution in [0.1, 0.15) is 48.8 Å². The summed E-state index contributed by atoms with van der Waals surface area (Å²) in [4.78, 5) is 10.5. The minimum atomic E-state index is 0.173. The highest BCUT2D eigenvalue weighted by Crippen LogP contribution is 2.36. The minimum absolute atomic E-state index is 0.173. The minimum Gasteiger partial charge on any atom is -0.473 e. The smallest absolute Gasteiger partial charge is 0.232 e. The Morgan fingerprint density at radius 3 is 2.72 bits per heavy atom. The summed E-state index contributed by atoms with van der Waals surface area (Å²) in [5.41, 5.74) is 2.35. The fraction of sp³-hybridized carbons (Fsp3) is 0.429. The third kappa shape index (κ3) is 3.72. The molecule has 150 valence electrons. The van der Waals surface area contributed by atoms with Crippen LogP contribution in [0.15, 0.2) is 36.8 Å². The van der Waals surface area contributed by atoms with Gasteiger partial charge in [0.15, 0.2) is 5.82 Å². The Balaban J connectivity index is 1.38. The maximum absolute atomic E-state index is 6.27. The molecule has 7 nitrogen and oxygen atoms in total. The summed E-state index contributed by atoms with van der Waals surface area (Å²) in [6.07, 6.45) is 9.13. The molecule has 0 radical (unpaired) electrons. The lowest BCUT2D eigenvalue weighted by molar-refractivity contribution is 0.138. The highest BCUT2D eigenvalue weighted by molar-refractivity contribution is 6.30. The summed E-state index contributed by atoms with van der Waals surface area (Å²) in [6.45, 7) is 1.61. The number of nitrogens with zero attached hydrogens (tertiary/aromatic N) is 6. The zero-order chi connectivity index (χ0) is 19.8. The van der Waals surface area contributed by atoms with Gasteiger partial charge in [-0.1, -0.05) is 11.6 Å². The van der Waals surface area contributed by atoms with Crippen LogP contribution in [0.2, 0.25) is 5.02 Å². The predicted molar refractivity (Wildman–Crippen MR) is 109 cm³/mol. The monoisotopic (exact) mass is 410 g/mol. The van der Waals surface area contributed by atoms with Crippen molar-refractivity contribution < 1.29 is 4.74 Å². The van der Waals surface area contributed by atoms with Gasteiger partial charge < -0.3 is 4.74 Å². The van der Waals surface area contributed by atoms with Crippen molar-refractivity contribution in [3.63, 3.8) is 0 Å². The van der Waals surface area contributed by atoms with Crippen molar-refractivity contribution in [2.45, 2.75) is 50.8 Å². The maximum Gasteiger partial charge on any atom is 0.232 e. The normalized spacial score (nSPS) is 21.9. The Kier molecular flexibility index (Phi) is 4.93. The van der Waals surface area contributed by atoms with Crippen LogP contribution in [0.3, 0.4) is 0 Å². The average molecular weight is 411 g/mol. The van der Waals surface area contributed by atoms with Gasteiger partial charge in [-0.3, -0.25) is 14.5 Å². The Morgan fingerprint density at radius 2 is 1.93 bits per heavy atom. The fourth-order valence-corrected chi connectivity index (χ4v) is 4.60. The number of benzene rings is 1. The van der Waals surface area contributed by atoms with E-state index in [-0.39, 0.29) is 6.10 Å². The van der Waals surface area contributed by atoms with Crippen molar-refractivity contribution in [1.29, 1.82) is 0 Å². The van der Waals surface area contributed by atoms with Crippen molar-refractivity contribution >= 4 is 11.6 Å². The summed E-state index contributed by atoms with van der Waals surface area (Å²) < 4.78 is 8.25. The Bertz CT molecular complexity index is 1000. The lowest BCUT2D eigenvalue weighted by atomic mass is 9.86. The van der Waals surface area contributed by atoms with E-state index in [0.717, 1.165) is 61.1 Å². The third-order valence-electron chi connectivity index (χ3n) is 5.76. The first-order chi connectivity index (χ1) is 14.2. The number of hydrogen-bond donors (Lipinski definition) is 0. The molecule has 1 fully saturated rings. The van der Waals surface area contributed by atoms with Crippen LogP contribution in [-0.2, 0) is 13.1 Å². The Hall–Kier alpha value is -2.51. The highest BCUT2D eigenvalue weighted by atomic mass is 35.5. The second-order valence-electron chi connectivity index (χ2n) is 7.89. The molecule has 8 heteroatoms. The molecular formula is C21H23ClN6O. The fourth-order valence-electron chi connectivity index (χ4n) is 4.40. The molecule has 2 aromatic heterocycles. The van der Waals surface area contributed by atoms with Crippen molar-refractivity contribution in [3.05, 3.63) is 59.0 Å². The molecule has 1 saturated carbocycles. The van der Waals surface area contributed by atoms with Crippen LogP contribution in [0, 0.1) is 0 Å². The molecular weight excluding hydrogens is 388 g/mol. The second-order valence-corrected chi connectivity index (χ2v) is 8.33. The summed E-state index contributed by atoms with van der Waals surface area (Å²) >= 11 is 6.27. The Morgan fingerprint density at radius 1 is 1.07 bits per heavy atom. The average Bonchev–Trinajstić information content (AvgIpc) is 3.06. The van der Waals surface area contributed by atoms with Gasteiger partial charge in [-0.2, -0.15) is 0 Å². The first-order valence-electron chi connectivity index (χ1n) is 10.0. The molecule has 29 heavy (non-hydrogen) atoms. The van der Waals surface area contributed by atoms with E-state index >= 15 is 0 Å². The second kappa shape index (κ2) is 7.72. The third-order valence-corrected chi connectivity index (χ3v) is 5.99. The van der Waals surface area contributed by atoms with Gasteiger partial charge in [-0.05, 0) is 56.5 Å². The standard InChI is InChI=1S/C21H23ClN6O/c1-27-12-15-10-16(22)4-7-18(15)28-19(13-27)25-26-21(28)14-2-5-17(6-3-14)29-20-11-23-8-9-24-20/h4,7-11,14,17H,2-3,5-6,12-13H2,1H3. The van der Waals surface area contributed by atoms with E-state index in [1.54, 1.807) is 18.6 Å². The number of ether oxygens (including phenoxy) is 1. The van der Waals surface area contributed by atoms with E-state index in [1.807, 2.05) is 6.07 Å². The predicted octanol–water partition coefficient (Wildman–Crippen LogP) is 3.76. The molecule has 1 aromatic carbocycles. The van der Waals surface area contributed by atoms with Crippen molar-refractivity contribution in [1.82, 2.24) is 29.6 Å². The lowest BCUT2D eigenvalue weighted by Gasteiger charge is -2.28. The first-order valence-corrected chi connectivity index (χ1v) is 10.4. The largest absolute Gasteiger partial charge is 0.473 e. The van der Waals surface area contributed by atoms with Crippen LogP contribution in [-0.4, -0.2) is 42.8 Å². The molecule has 0 unspecified atom stereocenters. The zero-order valence-electron chi connectivity index (χ0n) is 16.3. The molecule has 0 amide bonds. The van der Waals surface area contributed by atoms with Crippen LogP contribution < -0.4 is 4.74 Å². The Labute approximate surface area is 174 Å². The molecule has 1 aliphatic carbocycles. The summed E-state index contributed by atoms with van der Waals surface area (Å²) in [6, 6.07) is 6.10. The van der Waals surface area contributed by atoms with Crippen LogP contribution in [0.4, 0.5) is 0 Å². The van der Waals surface area contributed by atoms with Gasteiger partial charge in [0, 0.05) is 29.9 Å². The van der Waals surface area contributed by atoms with E-state index in [0.29, 0.717) is 11.8 Å². The maximum atomic E-state index is 6.27. The number of halogens is 1. The molecule has 5 rings (SSSR count). The molecule has 0 spiro atoms. The summed E-state index contributed by atoms with van der Waals surface area (Å²) in [7, 11) is 2.10. The number of fused-ring (bicyclic) bond motifs is 3. The van der Waals surface area contributed by atoms with Gasteiger partial charge in [0.1, 0.15) is 11.9 Å². The molecule has 3 heterocycles. The van der Waals surface area contributed by atoms with E-state index in [4.69, 9.17) is 16.3 Å².